The van der Waals surface area contributed by atoms with Gasteiger partial charge in [-0.15, -0.1) is 11.8 Å². The fourth-order valence-corrected chi connectivity index (χ4v) is 2.37. The number of hydrogen-bond donors (Lipinski definition) is 1. The van der Waals surface area contributed by atoms with Crippen molar-refractivity contribution in [3.8, 4) is 5.75 Å². The molecule has 0 heterocycles. The highest BCUT2D eigenvalue weighted by molar-refractivity contribution is 7.99. The van der Waals surface area contributed by atoms with Crippen molar-refractivity contribution < 1.29 is 9.47 Å². The third-order valence-electron chi connectivity index (χ3n) is 2.31. The van der Waals surface area contributed by atoms with E-state index in [9.17, 15) is 0 Å². The zero-order valence-corrected chi connectivity index (χ0v) is 11.4. The van der Waals surface area contributed by atoms with Crippen LogP contribution in [0.25, 0.3) is 0 Å². The zero-order valence-electron chi connectivity index (χ0n) is 10.6. The van der Waals surface area contributed by atoms with Crippen LogP contribution in [0.2, 0.25) is 0 Å². The molecule has 0 aliphatic carbocycles. The molecule has 1 aromatic rings. The lowest BCUT2D eigenvalue weighted by Gasteiger charge is -2.08. The Labute approximate surface area is 108 Å². The van der Waals surface area contributed by atoms with Crippen molar-refractivity contribution in [1.82, 2.24) is 5.32 Å². The zero-order chi connectivity index (χ0) is 12.3. The number of nitrogens with one attached hydrogen (secondary N) is 1. The van der Waals surface area contributed by atoms with E-state index in [-0.39, 0.29) is 0 Å². The summed E-state index contributed by atoms with van der Waals surface area (Å²) in [6.07, 6.45) is 1.07. The van der Waals surface area contributed by atoms with E-state index in [0.717, 1.165) is 37.6 Å². The molecule has 3 nitrogen and oxygen atoms in total. The SMILES string of the molecule is COCCCNCCSc1ccccc1OC. The first-order valence-corrected chi connectivity index (χ1v) is 6.82. The van der Waals surface area contributed by atoms with Gasteiger partial charge in [0.2, 0.25) is 0 Å². The Morgan fingerprint density at radius 1 is 1.18 bits per heavy atom. The van der Waals surface area contributed by atoms with Crippen molar-refractivity contribution in [3.05, 3.63) is 24.3 Å². The van der Waals surface area contributed by atoms with E-state index in [4.69, 9.17) is 9.47 Å². The van der Waals surface area contributed by atoms with Crippen LogP contribution in [0, 0.1) is 0 Å². The predicted octanol–water partition coefficient (Wildman–Crippen LogP) is 2.41. The van der Waals surface area contributed by atoms with Crippen LogP contribution in [-0.2, 0) is 4.74 Å². The van der Waals surface area contributed by atoms with Gasteiger partial charge in [-0.3, -0.25) is 0 Å². The van der Waals surface area contributed by atoms with Gasteiger partial charge >= 0.3 is 0 Å². The maximum absolute atomic E-state index is 5.30. The summed E-state index contributed by atoms with van der Waals surface area (Å²) >= 11 is 1.82. The standard InChI is InChI=1S/C13H21NO2S/c1-15-10-5-8-14-9-11-17-13-7-4-3-6-12(13)16-2/h3-4,6-7,14H,5,8-11H2,1-2H3. The number of methoxy groups -OCH3 is 2. The van der Waals surface area contributed by atoms with Crippen molar-refractivity contribution in [1.29, 1.82) is 0 Å². The highest BCUT2D eigenvalue weighted by atomic mass is 32.2. The summed E-state index contributed by atoms with van der Waals surface area (Å²) < 4.78 is 10.3. The molecule has 0 saturated heterocycles. The predicted molar refractivity (Wildman–Crippen MR) is 73.1 cm³/mol. The number of thioether (sulfide) groups is 1. The van der Waals surface area contributed by atoms with Crippen LogP contribution < -0.4 is 10.1 Å². The third-order valence-corrected chi connectivity index (χ3v) is 3.36. The van der Waals surface area contributed by atoms with Gasteiger partial charge in [0.1, 0.15) is 5.75 Å². The molecule has 0 aliphatic rings. The van der Waals surface area contributed by atoms with E-state index in [0.29, 0.717) is 0 Å². The molecule has 0 fully saturated rings. The summed E-state index contributed by atoms with van der Waals surface area (Å²) in [6, 6.07) is 8.12. The molecule has 0 aliphatic heterocycles. The van der Waals surface area contributed by atoms with Gasteiger partial charge in [0, 0.05) is 30.9 Å². The molecule has 0 aromatic heterocycles. The van der Waals surface area contributed by atoms with Gasteiger partial charge < -0.3 is 14.8 Å². The van der Waals surface area contributed by atoms with Crippen molar-refractivity contribution in [2.45, 2.75) is 11.3 Å². The van der Waals surface area contributed by atoms with Crippen LogP contribution in [0.1, 0.15) is 6.42 Å². The molecule has 96 valence electrons. The fourth-order valence-electron chi connectivity index (χ4n) is 1.44. The average Bonchev–Trinajstić information content (AvgIpc) is 2.38. The van der Waals surface area contributed by atoms with Gasteiger partial charge in [0.25, 0.3) is 0 Å². The van der Waals surface area contributed by atoms with Gasteiger partial charge in [0.15, 0.2) is 0 Å². The topological polar surface area (TPSA) is 30.5 Å². The average molecular weight is 255 g/mol. The summed E-state index contributed by atoms with van der Waals surface area (Å²) in [6.45, 7) is 2.85. The molecule has 4 heteroatoms. The molecule has 0 unspecified atom stereocenters. The molecular formula is C13H21NO2S. The van der Waals surface area contributed by atoms with Crippen LogP contribution in [0.3, 0.4) is 0 Å². The molecule has 17 heavy (non-hydrogen) atoms. The molecule has 1 rings (SSSR count). The van der Waals surface area contributed by atoms with E-state index in [1.165, 1.54) is 4.90 Å². The van der Waals surface area contributed by atoms with Crippen LogP contribution in [0.4, 0.5) is 0 Å². The summed E-state index contributed by atoms with van der Waals surface area (Å²) in [5, 5.41) is 3.39. The summed E-state index contributed by atoms with van der Waals surface area (Å²) in [4.78, 5) is 1.20. The van der Waals surface area contributed by atoms with Gasteiger partial charge in [-0.25, -0.2) is 0 Å². The fraction of sp³-hybridized carbons (Fsp3) is 0.538. The Balaban J connectivity index is 2.13. The number of para-hydroxylation sites is 1. The summed E-state index contributed by atoms with van der Waals surface area (Å²) in [5.74, 6) is 2.00. The Kier molecular flexibility index (Phi) is 7.88. The Hall–Kier alpha value is -0.710. The molecule has 0 radical (unpaired) electrons. The molecule has 1 N–H and O–H groups in total. The highest BCUT2D eigenvalue weighted by Gasteiger charge is 2.01. The molecule has 0 atom stereocenters. The molecule has 1 aromatic carbocycles. The summed E-state index contributed by atoms with van der Waals surface area (Å²) in [7, 11) is 3.44. The second-order valence-corrected chi connectivity index (χ2v) is 4.73. The minimum atomic E-state index is 0.826. The Bertz CT molecular complexity index is 307. The molecular weight excluding hydrogens is 234 g/mol. The van der Waals surface area contributed by atoms with Crippen molar-refractivity contribution >= 4 is 11.8 Å². The quantitative estimate of drug-likeness (QED) is 0.542. The van der Waals surface area contributed by atoms with E-state index in [1.54, 1.807) is 14.2 Å². The van der Waals surface area contributed by atoms with Gasteiger partial charge in [-0.2, -0.15) is 0 Å². The van der Waals surface area contributed by atoms with E-state index in [2.05, 4.69) is 11.4 Å². The Morgan fingerprint density at radius 3 is 2.76 bits per heavy atom. The second-order valence-electron chi connectivity index (χ2n) is 3.60. The first-order valence-electron chi connectivity index (χ1n) is 5.84. The number of rotatable bonds is 9. The minimum Gasteiger partial charge on any atom is -0.496 e. The Morgan fingerprint density at radius 2 is 2.00 bits per heavy atom. The molecule has 0 bridgehead atoms. The van der Waals surface area contributed by atoms with Gasteiger partial charge in [-0.1, -0.05) is 12.1 Å². The van der Waals surface area contributed by atoms with Gasteiger partial charge in [-0.05, 0) is 25.1 Å². The summed E-state index contributed by atoms with van der Waals surface area (Å²) in [5.41, 5.74) is 0. The lowest BCUT2D eigenvalue weighted by molar-refractivity contribution is 0.194. The second kappa shape index (κ2) is 9.33. The maximum Gasteiger partial charge on any atom is 0.132 e. The first-order chi connectivity index (χ1) is 8.38. The van der Waals surface area contributed by atoms with Crippen LogP contribution in [0.5, 0.6) is 5.75 Å². The van der Waals surface area contributed by atoms with Crippen molar-refractivity contribution in [2.75, 3.05) is 39.7 Å². The highest BCUT2D eigenvalue weighted by Crippen LogP contribution is 2.27. The first kappa shape index (κ1) is 14.4. The van der Waals surface area contributed by atoms with Crippen molar-refractivity contribution in [3.63, 3.8) is 0 Å². The van der Waals surface area contributed by atoms with E-state index >= 15 is 0 Å². The monoisotopic (exact) mass is 255 g/mol. The van der Waals surface area contributed by atoms with Gasteiger partial charge in [0.05, 0.1) is 7.11 Å². The largest absolute Gasteiger partial charge is 0.496 e. The lowest BCUT2D eigenvalue weighted by atomic mass is 10.3. The number of hydrogen-bond acceptors (Lipinski definition) is 4. The molecule has 0 spiro atoms. The van der Waals surface area contributed by atoms with E-state index in [1.807, 2.05) is 30.0 Å². The number of ether oxygens (including phenoxy) is 2. The van der Waals surface area contributed by atoms with Crippen molar-refractivity contribution in [2.24, 2.45) is 0 Å². The lowest BCUT2D eigenvalue weighted by Crippen LogP contribution is -2.19. The third kappa shape index (κ3) is 5.96. The number of benzene rings is 1. The minimum absolute atomic E-state index is 0.826. The van der Waals surface area contributed by atoms with Crippen LogP contribution in [0.15, 0.2) is 29.2 Å². The maximum atomic E-state index is 5.30. The van der Waals surface area contributed by atoms with Crippen LogP contribution >= 0.6 is 11.8 Å². The normalized spacial score (nSPS) is 10.5. The molecule has 0 saturated carbocycles. The van der Waals surface area contributed by atoms with Crippen LogP contribution in [-0.4, -0.2) is 39.7 Å². The molecule has 0 amide bonds. The smallest absolute Gasteiger partial charge is 0.132 e. The van der Waals surface area contributed by atoms with E-state index < -0.39 is 0 Å².